The molecule has 0 atom stereocenters. The molecule has 70 valence electrons. The van der Waals surface area contributed by atoms with Gasteiger partial charge in [0.2, 0.25) is 0 Å². The van der Waals surface area contributed by atoms with Crippen LogP contribution in [0.1, 0.15) is 53.4 Å². The maximum Gasteiger partial charge on any atom is -0.0280 e. The Labute approximate surface area is 77.4 Å². The van der Waals surface area contributed by atoms with Gasteiger partial charge in [0.1, 0.15) is 0 Å². The van der Waals surface area contributed by atoms with Crippen molar-refractivity contribution in [3.8, 4) is 0 Å². The summed E-state index contributed by atoms with van der Waals surface area (Å²) in [6.07, 6.45) is 9.65. The highest BCUT2D eigenvalue weighted by atomic mass is 14.1. The quantitative estimate of drug-likeness (QED) is 0.567. The zero-order valence-electron chi connectivity index (χ0n) is 8.98. The lowest BCUT2D eigenvalue weighted by molar-refractivity contribution is 0.824. The smallest absolute Gasteiger partial charge is 0.0280 e. The molecule has 0 N–H and O–H groups in total. The third-order valence-corrected chi connectivity index (χ3v) is 2.23. The molecule has 1 aliphatic carbocycles. The fourth-order valence-corrected chi connectivity index (χ4v) is 1.31. The van der Waals surface area contributed by atoms with Crippen molar-refractivity contribution >= 4 is 0 Å². The van der Waals surface area contributed by atoms with Crippen LogP contribution in [0.25, 0.3) is 0 Å². The van der Waals surface area contributed by atoms with Gasteiger partial charge in [0, 0.05) is 0 Å². The predicted octanol–water partition coefficient (Wildman–Crippen LogP) is 4.48. The van der Waals surface area contributed by atoms with E-state index in [0.717, 1.165) is 0 Å². The van der Waals surface area contributed by atoms with Gasteiger partial charge in [0.25, 0.3) is 0 Å². The Morgan fingerprint density at radius 2 is 1.25 bits per heavy atom. The summed E-state index contributed by atoms with van der Waals surface area (Å²) in [5.41, 5.74) is 3.22. The van der Waals surface area contributed by atoms with Gasteiger partial charge in [-0.3, -0.25) is 0 Å². The van der Waals surface area contributed by atoms with Gasteiger partial charge in [-0.1, -0.05) is 51.0 Å². The second kappa shape index (κ2) is 7.15. The van der Waals surface area contributed by atoms with Gasteiger partial charge >= 0.3 is 0 Å². The van der Waals surface area contributed by atoms with E-state index in [2.05, 4.69) is 26.0 Å². The van der Waals surface area contributed by atoms with Gasteiger partial charge in [-0.15, -0.1) is 0 Å². The molecule has 0 saturated heterocycles. The van der Waals surface area contributed by atoms with E-state index in [1.54, 1.807) is 11.1 Å². The monoisotopic (exact) mass is 166 g/mol. The number of rotatable bonds is 2. The predicted molar refractivity (Wildman–Crippen MR) is 57.3 cm³/mol. The second-order valence-corrected chi connectivity index (χ2v) is 2.86. The summed E-state index contributed by atoms with van der Waals surface area (Å²) in [5.74, 6) is 0. The maximum atomic E-state index is 2.29. The fourth-order valence-electron chi connectivity index (χ4n) is 1.31. The van der Waals surface area contributed by atoms with Crippen molar-refractivity contribution in [1.82, 2.24) is 0 Å². The minimum absolute atomic E-state index is 1.23. The lowest BCUT2D eigenvalue weighted by Gasteiger charge is -2.11. The van der Waals surface area contributed by atoms with E-state index in [4.69, 9.17) is 0 Å². The Kier molecular flexibility index (Phi) is 6.84. The Hall–Kier alpha value is -0.520. The van der Waals surface area contributed by atoms with Gasteiger partial charge in [-0.2, -0.15) is 0 Å². The molecular formula is C12H22. The van der Waals surface area contributed by atoms with E-state index >= 15 is 0 Å². The van der Waals surface area contributed by atoms with E-state index in [0.29, 0.717) is 0 Å². The Balaban J connectivity index is 0.000000561. The van der Waals surface area contributed by atoms with Crippen molar-refractivity contribution in [2.24, 2.45) is 0 Å². The summed E-state index contributed by atoms with van der Waals surface area (Å²) in [6, 6.07) is 0. The van der Waals surface area contributed by atoms with Crippen LogP contribution in [0, 0.1) is 0 Å². The summed E-state index contributed by atoms with van der Waals surface area (Å²) < 4.78 is 0. The second-order valence-electron chi connectivity index (χ2n) is 2.86. The molecule has 0 amide bonds. The maximum absolute atomic E-state index is 2.29. The highest BCUT2D eigenvalue weighted by Gasteiger charge is 2.01. The lowest BCUT2D eigenvalue weighted by atomic mass is 9.96. The molecule has 0 aromatic rings. The summed E-state index contributed by atoms with van der Waals surface area (Å²) in [7, 11) is 0. The van der Waals surface area contributed by atoms with Crippen LogP contribution in [-0.4, -0.2) is 0 Å². The van der Waals surface area contributed by atoms with Crippen LogP contribution >= 0.6 is 0 Å². The topological polar surface area (TPSA) is 0 Å². The molecule has 1 rings (SSSR count). The van der Waals surface area contributed by atoms with E-state index in [1.165, 1.54) is 25.7 Å². The molecule has 0 aromatic carbocycles. The summed E-state index contributed by atoms with van der Waals surface area (Å²) >= 11 is 0. The molecule has 0 nitrogen and oxygen atoms in total. The molecule has 12 heavy (non-hydrogen) atoms. The van der Waals surface area contributed by atoms with Crippen LogP contribution in [0.3, 0.4) is 0 Å². The van der Waals surface area contributed by atoms with Crippen LogP contribution in [-0.2, 0) is 0 Å². The highest BCUT2D eigenvalue weighted by molar-refractivity contribution is 5.23. The number of allylic oxidation sites excluding steroid dienone is 4. The molecule has 0 aliphatic heterocycles. The number of hydrogen-bond acceptors (Lipinski definition) is 0. The third-order valence-electron chi connectivity index (χ3n) is 2.23. The van der Waals surface area contributed by atoms with Crippen LogP contribution < -0.4 is 0 Å². The van der Waals surface area contributed by atoms with Crippen LogP contribution in [0.5, 0.6) is 0 Å². The molecule has 0 fully saturated rings. The van der Waals surface area contributed by atoms with E-state index in [1.807, 2.05) is 13.8 Å². The molecular weight excluding hydrogens is 144 g/mol. The molecule has 0 bridgehead atoms. The van der Waals surface area contributed by atoms with E-state index < -0.39 is 0 Å². The SMILES string of the molecule is CC.CCC1=CC=C(CC)CC1. The number of hydrogen-bond donors (Lipinski definition) is 0. The lowest BCUT2D eigenvalue weighted by Crippen LogP contribution is -1.91. The first-order valence-corrected chi connectivity index (χ1v) is 5.24. The minimum atomic E-state index is 1.23. The zero-order chi connectivity index (χ0) is 9.40. The van der Waals surface area contributed by atoms with E-state index in [9.17, 15) is 0 Å². The van der Waals surface area contributed by atoms with Gasteiger partial charge in [-0.25, -0.2) is 0 Å². The Morgan fingerprint density at radius 1 is 0.917 bits per heavy atom. The minimum Gasteiger partial charge on any atom is -0.0702 e. The van der Waals surface area contributed by atoms with Crippen LogP contribution in [0.2, 0.25) is 0 Å². The largest absolute Gasteiger partial charge is 0.0702 e. The summed E-state index contributed by atoms with van der Waals surface area (Å²) in [5, 5.41) is 0. The van der Waals surface area contributed by atoms with Crippen LogP contribution in [0.4, 0.5) is 0 Å². The van der Waals surface area contributed by atoms with Crippen molar-refractivity contribution in [3.05, 3.63) is 23.3 Å². The average Bonchev–Trinajstić information content (AvgIpc) is 2.21. The van der Waals surface area contributed by atoms with Gasteiger partial charge in [0.15, 0.2) is 0 Å². The molecule has 0 unspecified atom stereocenters. The Bertz CT molecular complexity index is 141. The highest BCUT2D eigenvalue weighted by Crippen LogP contribution is 2.21. The molecule has 1 aliphatic rings. The van der Waals surface area contributed by atoms with Gasteiger partial charge in [0.05, 0.1) is 0 Å². The first kappa shape index (κ1) is 11.5. The van der Waals surface area contributed by atoms with Crippen LogP contribution in [0.15, 0.2) is 23.3 Å². The van der Waals surface area contributed by atoms with Crippen molar-refractivity contribution in [3.63, 3.8) is 0 Å². The fraction of sp³-hybridized carbons (Fsp3) is 0.667. The Morgan fingerprint density at radius 3 is 1.42 bits per heavy atom. The molecule has 0 heteroatoms. The van der Waals surface area contributed by atoms with Crippen molar-refractivity contribution in [1.29, 1.82) is 0 Å². The molecule has 0 spiro atoms. The first-order valence-electron chi connectivity index (χ1n) is 5.24. The zero-order valence-corrected chi connectivity index (χ0v) is 8.98. The van der Waals surface area contributed by atoms with Crippen molar-refractivity contribution in [2.45, 2.75) is 53.4 Å². The molecule has 0 radical (unpaired) electrons. The molecule has 0 saturated carbocycles. The van der Waals surface area contributed by atoms with Gasteiger partial charge < -0.3 is 0 Å². The summed E-state index contributed by atoms with van der Waals surface area (Å²) in [4.78, 5) is 0. The van der Waals surface area contributed by atoms with E-state index in [-0.39, 0.29) is 0 Å². The van der Waals surface area contributed by atoms with Crippen molar-refractivity contribution in [2.75, 3.05) is 0 Å². The average molecular weight is 166 g/mol. The first-order chi connectivity index (χ1) is 5.86. The molecule has 0 aromatic heterocycles. The van der Waals surface area contributed by atoms with Gasteiger partial charge in [-0.05, 0) is 25.7 Å². The standard InChI is InChI=1S/C10H16.C2H6/c1-3-9-5-7-10(4-2)8-6-9;1-2/h5,7H,3-4,6,8H2,1-2H3;1-2H3. The normalized spacial score (nSPS) is 15.7. The van der Waals surface area contributed by atoms with Crippen molar-refractivity contribution < 1.29 is 0 Å². The summed E-state index contributed by atoms with van der Waals surface area (Å²) in [6.45, 7) is 8.47. The third kappa shape index (κ3) is 3.75. The molecule has 0 heterocycles.